The zero-order valence-electron chi connectivity index (χ0n) is 7.16. The molecule has 0 amide bonds. The Balaban J connectivity index is 2.63. The zero-order valence-corrected chi connectivity index (χ0v) is 7.98. The van der Waals surface area contributed by atoms with Gasteiger partial charge in [-0.15, -0.1) is 0 Å². The Labute approximate surface area is 76.7 Å². The number of nitrogens with one attached hydrogen (secondary N) is 1. The number of aryl methyl sites for hydroxylation is 1. The molecule has 0 aliphatic heterocycles. The fourth-order valence-electron chi connectivity index (χ4n) is 0.900. The van der Waals surface area contributed by atoms with Crippen molar-refractivity contribution >= 4 is 17.3 Å². The van der Waals surface area contributed by atoms with E-state index >= 15 is 0 Å². The topological polar surface area (TPSA) is 55.9 Å². The second kappa shape index (κ2) is 3.53. The molecule has 1 aromatic rings. The predicted octanol–water partition coefficient (Wildman–Crippen LogP) is 0.0617. The van der Waals surface area contributed by atoms with Gasteiger partial charge in [0.25, 0.3) is 0 Å². The van der Waals surface area contributed by atoms with E-state index in [0.717, 1.165) is 11.3 Å². The van der Waals surface area contributed by atoms with E-state index in [2.05, 4.69) is 22.6 Å². The van der Waals surface area contributed by atoms with Crippen LogP contribution in [0.2, 0.25) is 0 Å². The highest BCUT2D eigenvalue weighted by Gasteiger charge is 2.02. The Hall–Kier alpha value is -1.10. The third-order valence-corrected chi connectivity index (χ3v) is 1.93. The van der Waals surface area contributed by atoms with E-state index in [1.807, 2.05) is 18.7 Å². The van der Waals surface area contributed by atoms with Crippen LogP contribution in [0.25, 0.3) is 0 Å². The van der Waals surface area contributed by atoms with Crippen molar-refractivity contribution in [3.63, 3.8) is 0 Å². The molecule has 1 heterocycles. The van der Waals surface area contributed by atoms with Crippen LogP contribution in [0, 0.1) is 6.92 Å². The molecule has 0 atom stereocenters. The van der Waals surface area contributed by atoms with Gasteiger partial charge in [-0.2, -0.15) is 5.10 Å². The van der Waals surface area contributed by atoms with Gasteiger partial charge in [0, 0.05) is 24.8 Å². The van der Waals surface area contributed by atoms with Crippen molar-refractivity contribution in [2.24, 2.45) is 12.8 Å². The van der Waals surface area contributed by atoms with Gasteiger partial charge in [-0.1, -0.05) is 0 Å². The summed E-state index contributed by atoms with van der Waals surface area (Å²) in [5.74, 6) is 0. The van der Waals surface area contributed by atoms with Gasteiger partial charge in [-0.05, 0) is 19.1 Å². The maximum absolute atomic E-state index is 5.29. The largest absolute Gasteiger partial charge is 0.376 e. The molecule has 0 aliphatic carbocycles. The molecule has 0 aliphatic rings. The van der Waals surface area contributed by atoms with Gasteiger partial charge in [0.1, 0.15) is 0 Å². The highest BCUT2D eigenvalue weighted by atomic mass is 32.1. The molecular weight excluding hydrogens is 172 g/mol. The van der Waals surface area contributed by atoms with Crippen LogP contribution in [0.3, 0.4) is 0 Å². The van der Waals surface area contributed by atoms with Crippen molar-refractivity contribution in [3.05, 3.63) is 17.5 Å². The predicted molar refractivity (Wildman–Crippen MR) is 51.6 cm³/mol. The van der Waals surface area contributed by atoms with Gasteiger partial charge in [-0.3, -0.25) is 4.68 Å². The summed E-state index contributed by atoms with van der Waals surface area (Å²) >= 11 is 4.68. The molecule has 0 aromatic carbocycles. The SMILES string of the molecule is Cc1c(CNC(N)=S)cnn1C. The molecule has 0 bridgehead atoms. The lowest BCUT2D eigenvalue weighted by atomic mass is 10.2. The van der Waals surface area contributed by atoms with Crippen LogP contribution in [-0.2, 0) is 13.6 Å². The summed E-state index contributed by atoms with van der Waals surface area (Å²) in [6, 6.07) is 0. The average Bonchev–Trinajstić information content (AvgIpc) is 2.30. The van der Waals surface area contributed by atoms with Gasteiger partial charge in [0.2, 0.25) is 0 Å². The number of thiocarbonyl (C=S) groups is 1. The lowest BCUT2D eigenvalue weighted by molar-refractivity contribution is 0.736. The summed E-state index contributed by atoms with van der Waals surface area (Å²) in [5.41, 5.74) is 7.53. The Morgan fingerprint density at radius 1 is 1.83 bits per heavy atom. The molecule has 1 aromatic heterocycles. The smallest absolute Gasteiger partial charge is 0.163 e. The summed E-state index contributed by atoms with van der Waals surface area (Å²) in [6.07, 6.45) is 1.81. The summed E-state index contributed by atoms with van der Waals surface area (Å²) in [4.78, 5) is 0. The summed E-state index contributed by atoms with van der Waals surface area (Å²) < 4.78 is 1.82. The summed E-state index contributed by atoms with van der Waals surface area (Å²) in [7, 11) is 1.90. The van der Waals surface area contributed by atoms with Crippen LogP contribution in [0.1, 0.15) is 11.3 Å². The van der Waals surface area contributed by atoms with Crippen molar-refractivity contribution < 1.29 is 0 Å². The monoisotopic (exact) mass is 184 g/mol. The number of hydrogen-bond donors (Lipinski definition) is 2. The first-order valence-corrected chi connectivity index (χ1v) is 4.03. The lowest BCUT2D eigenvalue weighted by Crippen LogP contribution is -2.28. The average molecular weight is 184 g/mol. The highest BCUT2D eigenvalue weighted by Crippen LogP contribution is 2.03. The Kier molecular flexibility index (Phi) is 2.65. The zero-order chi connectivity index (χ0) is 9.14. The van der Waals surface area contributed by atoms with E-state index in [9.17, 15) is 0 Å². The maximum Gasteiger partial charge on any atom is 0.163 e. The lowest BCUT2D eigenvalue weighted by Gasteiger charge is -2.02. The molecule has 5 heteroatoms. The summed E-state index contributed by atoms with van der Waals surface area (Å²) in [6.45, 7) is 2.65. The third kappa shape index (κ3) is 1.94. The standard InChI is InChI=1S/C7H12N4S/c1-5-6(3-9-7(8)12)4-10-11(5)2/h4H,3H2,1-2H3,(H3,8,9,12). The minimum Gasteiger partial charge on any atom is -0.376 e. The van der Waals surface area contributed by atoms with Crippen molar-refractivity contribution in [1.29, 1.82) is 0 Å². The van der Waals surface area contributed by atoms with Gasteiger partial charge in [0.15, 0.2) is 5.11 Å². The van der Waals surface area contributed by atoms with Crippen molar-refractivity contribution in [1.82, 2.24) is 15.1 Å². The first-order valence-electron chi connectivity index (χ1n) is 3.62. The second-order valence-electron chi connectivity index (χ2n) is 2.60. The normalized spacial score (nSPS) is 9.83. The maximum atomic E-state index is 5.29. The Morgan fingerprint density at radius 3 is 2.92 bits per heavy atom. The molecule has 0 spiro atoms. The molecule has 66 valence electrons. The van der Waals surface area contributed by atoms with Crippen molar-refractivity contribution in [2.75, 3.05) is 0 Å². The molecular formula is C7H12N4S. The van der Waals surface area contributed by atoms with E-state index in [1.54, 1.807) is 6.20 Å². The van der Waals surface area contributed by atoms with E-state index in [0.29, 0.717) is 11.7 Å². The molecule has 0 radical (unpaired) electrons. The second-order valence-corrected chi connectivity index (χ2v) is 3.04. The first-order chi connectivity index (χ1) is 5.61. The van der Waals surface area contributed by atoms with Gasteiger partial charge >= 0.3 is 0 Å². The van der Waals surface area contributed by atoms with E-state index in [4.69, 9.17) is 5.73 Å². The molecule has 0 saturated carbocycles. The number of aromatic nitrogens is 2. The third-order valence-electron chi connectivity index (χ3n) is 1.79. The number of rotatable bonds is 2. The van der Waals surface area contributed by atoms with E-state index < -0.39 is 0 Å². The van der Waals surface area contributed by atoms with E-state index in [-0.39, 0.29) is 0 Å². The number of nitrogens with zero attached hydrogens (tertiary/aromatic N) is 2. The van der Waals surface area contributed by atoms with Crippen LogP contribution in [0.5, 0.6) is 0 Å². The molecule has 1 rings (SSSR count). The Bertz CT molecular complexity index is 292. The molecule has 0 unspecified atom stereocenters. The fraction of sp³-hybridized carbons (Fsp3) is 0.429. The van der Waals surface area contributed by atoms with Crippen LogP contribution in [0.15, 0.2) is 6.20 Å². The molecule has 12 heavy (non-hydrogen) atoms. The molecule has 4 nitrogen and oxygen atoms in total. The van der Waals surface area contributed by atoms with Gasteiger partial charge < -0.3 is 11.1 Å². The minimum atomic E-state index is 0.318. The molecule has 3 N–H and O–H groups in total. The fourth-order valence-corrected chi connectivity index (χ4v) is 0.972. The van der Waals surface area contributed by atoms with Crippen molar-refractivity contribution in [2.45, 2.75) is 13.5 Å². The quantitative estimate of drug-likeness (QED) is 0.638. The minimum absolute atomic E-state index is 0.318. The van der Waals surface area contributed by atoms with Crippen LogP contribution in [0.4, 0.5) is 0 Å². The van der Waals surface area contributed by atoms with E-state index in [1.165, 1.54) is 0 Å². The van der Waals surface area contributed by atoms with Crippen LogP contribution in [-0.4, -0.2) is 14.9 Å². The highest BCUT2D eigenvalue weighted by molar-refractivity contribution is 7.80. The number of hydrogen-bond acceptors (Lipinski definition) is 2. The van der Waals surface area contributed by atoms with Gasteiger partial charge in [-0.25, -0.2) is 0 Å². The molecule has 0 saturated heterocycles. The Morgan fingerprint density at radius 2 is 2.50 bits per heavy atom. The van der Waals surface area contributed by atoms with Crippen LogP contribution >= 0.6 is 12.2 Å². The van der Waals surface area contributed by atoms with Crippen molar-refractivity contribution in [3.8, 4) is 0 Å². The van der Waals surface area contributed by atoms with Crippen LogP contribution < -0.4 is 11.1 Å². The molecule has 0 fully saturated rings. The summed E-state index contributed by atoms with van der Waals surface area (Å²) in [5, 5.41) is 7.28. The van der Waals surface area contributed by atoms with Gasteiger partial charge in [0.05, 0.1) is 6.20 Å². The first kappa shape index (κ1) is 8.99. The number of nitrogens with two attached hydrogens (primary N) is 1.